The van der Waals surface area contributed by atoms with Gasteiger partial charge in [-0.2, -0.15) is 0 Å². The van der Waals surface area contributed by atoms with Crippen LogP contribution in [-0.4, -0.2) is 34.5 Å². The Balaban J connectivity index is 2.30. The van der Waals surface area contributed by atoms with Gasteiger partial charge < -0.3 is 15.8 Å². The van der Waals surface area contributed by atoms with Crippen molar-refractivity contribution < 1.29 is 14.3 Å². The second-order valence-electron chi connectivity index (χ2n) is 5.85. The Morgan fingerprint density at radius 3 is 2.52 bits per heavy atom. The van der Waals surface area contributed by atoms with Crippen LogP contribution in [0, 0.1) is 0 Å². The zero-order valence-electron chi connectivity index (χ0n) is 15.4. The molecule has 2 aromatic rings. The summed E-state index contributed by atoms with van der Waals surface area (Å²) in [5.74, 6) is -1.71. The van der Waals surface area contributed by atoms with E-state index in [9.17, 15) is 19.2 Å². The molecule has 0 aliphatic rings. The monoisotopic (exact) mass is 374 g/mol. The molecule has 0 saturated heterocycles. The molecule has 9 heteroatoms. The third kappa shape index (κ3) is 3.91. The molecule has 27 heavy (non-hydrogen) atoms. The average Bonchev–Trinajstić information content (AvgIpc) is 2.67. The molecule has 0 bridgehead atoms. The maximum absolute atomic E-state index is 12.5. The van der Waals surface area contributed by atoms with Crippen molar-refractivity contribution in [2.45, 2.75) is 19.9 Å². The van der Waals surface area contributed by atoms with Crippen LogP contribution in [0.5, 0.6) is 0 Å². The number of rotatable bonds is 7. The molecule has 0 aliphatic heterocycles. The van der Waals surface area contributed by atoms with Gasteiger partial charge in [-0.25, -0.2) is 9.59 Å². The van der Waals surface area contributed by atoms with Crippen molar-refractivity contribution in [1.29, 1.82) is 0 Å². The Morgan fingerprint density at radius 2 is 1.89 bits per heavy atom. The Bertz CT molecular complexity index is 990. The third-order valence-corrected chi connectivity index (χ3v) is 4.06. The predicted molar refractivity (Wildman–Crippen MR) is 101 cm³/mol. The van der Waals surface area contributed by atoms with Gasteiger partial charge in [0.2, 0.25) is 5.78 Å². The smallest absolute Gasteiger partial charge is 0.340 e. The number of anilines is 2. The van der Waals surface area contributed by atoms with Gasteiger partial charge in [0.1, 0.15) is 11.4 Å². The van der Waals surface area contributed by atoms with E-state index in [0.29, 0.717) is 12.1 Å². The standard InChI is InChI=1S/C18H22N4O5/c1-4-9-22-15(19)14(16(24)21(3)18(22)26)13(23)10-27-17(25)11-7-5-6-8-12(11)20-2/h5-8,20H,4,9-10,19H2,1-3H3. The lowest BCUT2D eigenvalue weighted by Crippen LogP contribution is -2.43. The molecular weight excluding hydrogens is 352 g/mol. The van der Waals surface area contributed by atoms with Crippen LogP contribution in [0.4, 0.5) is 11.5 Å². The Labute approximate surface area is 155 Å². The van der Waals surface area contributed by atoms with Crippen LogP contribution in [0.25, 0.3) is 0 Å². The maximum Gasteiger partial charge on any atom is 0.340 e. The number of aromatic nitrogens is 2. The van der Waals surface area contributed by atoms with Crippen LogP contribution in [0.3, 0.4) is 0 Å². The van der Waals surface area contributed by atoms with Crippen molar-refractivity contribution in [2.75, 3.05) is 24.7 Å². The summed E-state index contributed by atoms with van der Waals surface area (Å²) in [4.78, 5) is 49.2. The van der Waals surface area contributed by atoms with E-state index in [1.54, 1.807) is 31.3 Å². The minimum atomic E-state index is -0.818. The fraction of sp³-hybridized carbons (Fsp3) is 0.333. The van der Waals surface area contributed by atoms with Gasteiger partial charge in [-0.15, -0.1) is 0 Å². The highest BCUT2D eigenvalue weighted by molar-refractivity contribution is 6.03. The molecule has 9 nitrogen and oxygen atoms in total. The predicted octanol–water partition coefficient (Wildman–Crippen LogP) is 0.621. The third-order valence-electron chi connectivity index (χ3n) is 4.06. The van der Waals surface area contributed by atoms with E-state index < -0.39 is 29.6 Å². The van der Waals surface area contributed by atoms with Crippen molar-refractivity contribution in [3.63, 3.8) is 0 Å². The number of hydrogen-bond acceptors (Lipinski definition) is 7. The van der Waals surface area contributed by atoms with Gasteiger partial charge >= 0.3 is 11.7 Å². The van der Waals surface area contributed by atoms with E-state index in [0.717, 1.165) is 9.13 Å². The number of benzene rings is 1. The van der Waals surface area contributed by atoms with E-state index in [1.807, 2.05) is 6.92 Å². The molecular formula is C18H22N4O5. The molecule has 0 amide bonds. The normalized spacial score (nSPS) is 10.5. The Morgan fingerprint density at radius 1 is 1.22 bits per heavy atom. The van der Waals surface area contributed by atoms with Gasteiger partial charge in [-0.05, 0) is 18.6 Å². The zero-order chi connectivity index (χ0) is 20.1. The highest BCUT2D eigenvalue weighted by atomic mass is 16.5. The van der Waals surface area contributed by atoms with Crippen molar-refractivity contribution >= 4 is 23.3 Å². The minimum Gasteiger partial charge on any atom is -0.454 e. The lowest BCUT2D eigenvalue weighted by Gasteiger charge is -2.14. The molecule has 144 valence electrons. The minimum absolute atomic E-state index is 0.221. The number of ether oxygens (including phenoxy) is 1. The number of carbonyl (C=O) groups excluding carboxylic acids is 2. The first-order valence-electron chi connectivity index (χ1n) is 8.39. The zero-order valence-corrected chi connectivity index (χ0v) is 15.4. The van der Waals surface area contributed by atoms with Crippen molar-refractivity contribution in [1.82, 2.24) is 9.13 Å². The molecule has 3 N–H and O–H groups in total. The molecule has 1 aromatic heterocycles. The first-order valence-corrected chi connectivity index (χ1v) is 8.39. The highest BCUT2D eigenvalue weighted by Crippen LogP contribution is 2.15. The van der Waals surface area contributed by atoms with Gasteiger partial charge in [-0.3, -0.25) is 18.7 Å². The molecule has 2 rings (SSSR count). The summed E-state index contributed by atoms with van der Waals surface area (Å²) in [7, 11) is 2.92. The lowest BCUT2D eigenvalue weighted by molar-refractivity contribution is 0.0475. The molecule has 1 heterocycles. The summed E-state index contributed by atoms with van der Waals surface area (Å²) < 4.78 is 7.02. The SMILES string of the molecule is CCCn1c(N)c(C(=O)COC(=O)c2ccccc2NC)c(=O)n(C)c1=O. The fourth-order valence-corrected chi connectivity index (χ4v) is 2.65. The number of esters is 1. The number of nitrogens with zero attached hydrogens (tertiary/aromatic N) is 2. The molecule has 0 saturated carbocycles. The molecule has 1 aromatic carbocycles. The van der Waals surface area contributed by atoms with Crippen LogP contribution in [0.1, 0.15) is 34.1 Å². The van der Waals surface area contributed by atoms with Crippen LogP contribution in [0.15, 0.2) is 33.9 Å². The van der Waals surface area contributed by atoms with Crippen molar-refractivity contribution in [3.05, 3.63) is 56.2 Å². The highest BCUT2D eigenvalue weighted by Gasteiger charge is 2.23. The van der Waals surface area contributed by atoms with Gasteiger partial charge in [-0.1, -0.05) is 19.1 Å². The van der Waals surface area contributed by atoms with Crippen LogP contribution >= 0.6 is 0 Å². The number of nitrogen functional groups attached to an aromatic ring is 1. The van der Waals surface area contributed by atoms with E-state index in [1.165, 1.54) is 7.05 Å². The topological polar surface area (TPSA) is 125 Å². The van der Waals surface area contributed by atoms with Crippen LogP contribution < -0.4 is 22.3 Å². The first kappa shape index (κ1) is 20.0. The van der Waals surface area contributed by atoms with Gasteiger partial charge in [0, 0.05) is 26.3 Å². The summed E-state index contributed by atoms with van der Waals surface area (Å²) in [6, 6.07) is 6.64. The fourth-order valence-electron chi connectivity index (χ4n) is 2.65. The quantitative estimate of drug-likeness (QED) is 0.537. The Hall–Kier alpha value is -3.36. The van der Waals surface area contributed by atoms with Crippen LogP contribution in [0.2, 0.25) is 0 Å². The molecule has 0 fully saturated rings. The average molecular weight is 374 g/mol. The maximum atomic E-state index is 12.5. The number of nitrogens with two attached hydrogens (primary N) is 1. The second kappa shape index (κ2) is 8.35. The van der Waals surface area contributed by atoms with Crippen molar-refractivity contribution in [2.24, 2.45) is 7.05 Å². The summed E-state index contributed by atoms with van der Waals surface area (Å²) in [5.41, 5.74) is 4.90. The molecule has 0 atom stereocenters. The molecule has 0 aliphatic carbocycles. The van der Waals surface area contributed by atoms with Crippen molar-refractivity contribution in [3.8, 4) is 0 Å². The lowest BCUT2D eigenvalue weighted by atomic mass is 10.1. The number of ketones is 1. The van der Waals surface area contributed by atoms with E-state index in [-0.39, 0.29) is 23.5 Å². The molecule has 0 unspecified atom stereocenters. The molecule has 0 spiro atoms. The van der Waals surface area contributed by atoms with Crippen LogP contribution in [-0.2, 0) is 18.3 Å². The van der Waals surface area contributed by atoms with Gasteiger partial charge in [0.15, 0.2) is 6.61 Å². The number of hydrogen-bond donors (Lipinski definition) is 2. The van der Waals surface area contributed by atoms with E-state index >= 15 is 0 Å². The first-order chi connectivity index (χ1) is 12.8. The summed E-state index contributed by atoms with van der Waals surface area (Å²) in [6.07, 6.45) is 0.589. The molecule has 0 radical (unpaired) electrons. The Kier molecular flexibility index (Phi) is 6.17. The number of nitrogens with one attached hydrogen (secondary N) is 1. The summed E-state index contributed by atoms with van der Waals surface area (Å²) >= 11 is 0. The van der Waals surface area contributed by atoms with Gasteiger partial charge in [0.25, 0.3) is 5.56 Å². The summed E-state index contributed by atoms with van der Waals surface area (Å²) in [5, 5.41) is 2.85. The summed E-state index contributed by atoms with van der Waals surface area (Å²) in [6.45, 7) is 1.43. The second-order valence-corrected chi connectivity index (χ2v) is 5.85. The number of Topliss-reactive ketones (excluding diaryl/α,β-unsaturated/α-hetero) is 1. The van der Waals surface area contributed by atoms with E-state index in [4.69, 9.17) is 10.5 Å². The van der Waals surface area contributed by atoms with E-state index in [2.05, 4.69) is 5.32 Å². The number of para-hydroxylation sites is 1. The number of carbonyl (C=O) groups is 2. The largest absolute Gasteiger partial charge is 0.454 e. The van der Waals surface area contributed by atoms with Gasteiger partial charge in [0.05, 0.1) is 5.56 Å².